The van der Waals surface area contributed by atoms with Crippen molar-refractivity contribution < 1.29 is 9.47 Å². The molecule has 0 fully saturated rings. The zero-order chi connectivity index (χ0) is 21.4. The quantitative estimate of drug-likeness (QED) is 0.167. The minimum absolute atomic E-state index is 0.808. The van der Waals surface area contributed by atoms with Crippen LogP contribution in [0.2, 0.25) is 0 Å². The number of hydrogen-bond acceptors (Lipinski definition) is 2. The predicted molar refractivity (Wildman–Crippen MR) is 135 cm³/mol. The van der Waals surface area contributed by atoms with E-state index < -0.39 is 0 Å². The molecule has 0 bridgehead atoms. The smallest absolute Gasteiger partial charge is 0.122 e. The molecule has 0 aliphatic rings. The van der Waals surface area contributed by atoms with Crippen LogP contribution >= 0.6 is 15.9 Å². The van der Waals surface area contributed by atoms with E-state index in [0.717, 1.165) is 42.9 Å². The highest BCUT2D eigenvalue weighted by atomic mass is 79.9. The summed E-state index contributed by atoms with van der Waals surface area (Å²) in [5, 5.41) is 3.62. The molecule has 0 atom stereocenters. The molecular formula is C27H41BrO2. The molecule has 0 N–H and O–H groups in total. The summed E-state index contributed by atoms with van der Waals surface area (Å²) in [7, 11) is 0. The zero-order valence-electron chi connectivity index (χ0n) is 19.2. The topological polar surface area (TPSA) is 18.5 Å². The zero-order valence-corrected chi connectivity index (χ0v) is 20.8. The first-order chi connectivity index (χ1) is 14.8. The number of hydrogen-bond donors (Lipinski definition) is 0. The monoisotopic (exact) mass is 476 g/mol. The molecule has 2 aromatic rings. The Balaban J connectivity index is 1.74. The van der Waals surface area contributed by atoms with E-state index in [-0.39, 0.29) is 0 Å². The molecular weight excluding hydrogens is 436 g/mol. The molecule has 0 saturated heterocycles. The average molecular weight is 478 g/mol. The highest BCUT2D eigenvalue weighted by Gasteiger charge is 2.06. The Labute approximate surface area is 192 Å². The Kier molecular flexibility index (Phi) is 13.0. The van der Waals surface area contributed by atoms with Crippen LogP contribution in [0.25, 0.3) is 10.8 Å². The lowest BCUT2D eigenvalue weighted by molar-refractivity contribution is 0.302. The Morgan fingerprint density at radius 2 is 1.33 bits per heavy atom. The largest absolute Gasteiger partial charge is 0.494 e. The summed E-state index contributed by atoms with van der Waals surface area (Å²) in [6, 6.07) is 10.7. The molecule has 0 spiro atoms. The van der Waals surface area contributed by atoms with Crippen molar-refractivity contribution in [1.29, 1.82) is 0 Å². The van der Waals surface area contributed by atoms with Gasteiger partial charge in [-0.15, -0.1) is 0 Å². The molecule has 0 saturated carbocycles. The maximum atomic E-state index is 6.07. The van der Waals surface area contributed by atoms with Gasteiger partial charge in [-0.3, -0.25) is 0 Å². The maximum absolute atomic E-state index is 6.07. The fourth-order valence-electron chi connectivity index (χ4n) is 3.85. The van der Waals surface area contributed by atoms with Gasteiger partial charge in [-0.2, -0.15) is 0 Å². The third-order valence-corrected chi connectivity index (χ3v) is 6.32. The third-order valence-electron chi connectivity index (χ3n) is 5.76. The molecule has 2 nitrogen and oxygen atoms in total. The van der Waals surface area contributed by atoms with Crippen molar-refractivity contribution in [3.8, 4) is 11.5 Å². The van der Waals surface area contributed by atoms with E-state index in [4.69, 9.17) is 9.47 Å². The second-order valence-corrected chi connectivity index (χ2v) is 9.14. The van der Waals surface area contributed by atoms with E-state index in [9.17, 15) is 0 Å². The molecule has 168 valence electrons. The fourth-order valence-corrected chi connectivity index (χ4v) is 4.24. The SMILES string of the molecule is CCCCCCCCOc1ccc2cc(OCCCCCCCCBr)ccc2c1C. The maximum Gasteiger partial charge on any atom is 0.122 e. The van der Waals surface area contributed by atoms with Crippen LogP contribution in [0.1, 0.15) is 89.5 Å². The fraction of sp³-hybridized carbons (Fsp3) is 0.630. The van der Waals surface area contributed by atoms with E-state index in [1.54, 1.807) is 0 Å². The third kappa shape index (κ3) is 9.29. The second kappa shape index (κ2) is 15.6. The summed E-state index contributed by atoms with van der Waals surface area (Å²) in [6.07, 6.45) is 15.4. The van der Waals surface area contributed by atoms with Gasteiger partial charge in [0.2, 0.25) is 0 Å². The molecule has 0 heterocycles. The van der Waals surface area contributed by atoms with Gasteiger partial charge in [-0.05, 0) is 60.7 Å². The lowest BCUT2D eigenvalue weighted by Crippen LogP contribution is -2.00. The van der Waals surface area contributed by atoms with Crippen LogP contribution in [0, 0.1) is 6.92 Å². The number of rotatable bonds is 17. The van der Waals surface area contributed by atoms with Crippen LogP contribution < -0.4 is 9.47 Å². The number of halogens is 1. The van der Waals surface area contributed by atoms with Gasteiger partial charge in [0.05, 0.1) is 13.2 Å². The first kappa shape index (κ1) is 25.0. The van der Waals surface area contributed by atoms with E-state index in [1.807, 2.05) is 0 Å². The van der Waals surface area contributed by atoms with Crippen LogP contribution in [0.4, 0.5) is 0 Å². The van der Waals surface area contributed by atoms with Gasteiger partial charge in [0, 0.05) is 5.33 Å². The van der Waals surface area contributed by atoms with Gasteiger partial charge in [0.15, 0.2) is 0 Å². The first-order valence-electron chi connectivity index (χ1n) is 12.1. The van der Waals surface area contributed by atoms with Crippen LogP contribution in [-0.4, -0.2) is 18.5 Å². The van der Waals surface area contributed by atoms with E-state index >= 15 is 0 Å². The summed E-state index contributed by atoms with van der Waals surface area (Å²) in [5.74, 6) is 1.99. The van der Waals surface area contributed by atoms with Crippen molar-refractivity contribution in [3.63, 3.8) is 0 Å². The van der Waals surface area contributed by atoms with Gasteiger partial charge in [0.1, 0.15) is 11.5 Å². The summed E-state index contributed by atoms with van der Waals surface area (Å²) >= 11 is 3.49. The Morgan fingerprint density at radius 1 is 0.700 bits per heavy atom. The number of fused-ring (bicyclic) bond motifs is 1. The molecule has 0 amide bonds. The minimum atomic E-state index is 0.808. The average Bonchev–Trinajstić information content (AvgIpc) is 2.76. The Hall–Kier alpha value is -1.22. The van der Waals surface area contributed by atoms with Crippen molar-refractivity contribution in [3.05, 3.63) is 35.9 Å². The Morgan fingerprint density at radius 3 is 2.03 bits per heavy atom. The van der Waals surface area contributed by atoms with Gasteiger partial charge < -0.3 is 9.47 Å². The summed E-state index contributed by atoms with van der Waals surface area (Å²) < 4.78 is 12.1. The molecule has 30 heavy (non-hydrogen) atoms. The molecule has 2 rings (SSSR count). The highest BCUT2D eigenvalue weighted by Crippen LogP contribution is 2.30. The van der Waals surface area contributed by atoms with Crippen LogP contribution in [0.15, 0.2) is 30.3 Å². The van der Waals surface area contributed by atoms with Crippen molar-refractivity contribution in [2.45, 2.75) is 90.9 Å². The molecule has 2 aromatic carbocycles. The van der Waals surface area contributed by atoms with Crippen LogP contribution in [0.3, 0.4) is 0 Å². The highest BCUT2D eigenvalue weighted by molar-refractivity contribution is 9.09. The predicted octanol–water partition coefficient (Wildman–Crippen LogP) is 9.00. The number of aryl methyl sites for hydroxylation is 1. The van der Waals surface area contributed by atoms with Crippen molar-refractivity contribution in [2.24, 2.45) is 0 Å². The lowest BCUT2D eigenvalue weighted by Gasteiger charge is -2.13. The minimum Gasteiger partial charge on any atom is -0.494 e. The molecule has 0 unspecified atom stereocenters. The number of unbranched alkanes of at least 4 members (excludes halogenated alkanes) is 10. The summed E-state index contributed by atoms with van der Waals surface area (Å²) in [4.78, 5) is 0. The van der Waals surface area contributed by atoms with Gasteiger partial charge in [0.25, 0.3) is 0 Å². The van der Waals surface area contributed by atoms with Gasteiger partial charge in [-0.1, -0.05) is 92.8 Å². The van der Waals surface area contributed by atoms with Crippen LogP contribution in [-0.2, 0) is 0 Å². The normalized spacial score (nSPS) is 11.2. The molecule has 0 aromatic heterocycles. The van der Waals surface area contributed by atoms with E-state index in [1.165, 1.54) is 80.5 Å². The van der Waals surface area contributed by atoms with Crippen molar-refractivity contribution in [1.82, 2.24) is 0 Å². The second-order valence-electron chi connectivity index (χ2n) is 8.35. The standard InChI is InChI=1S/C27H41BrO2/c1-3-4-5-6-10-14-21-30-27-18-15-24-22-25(16-17-26(24)23(27)2)29-20-13-11-8-7-9-12-19-28/h15-18,22H,3-14,19-21H2,1-2H3. The molecule has 3 heteroatoms. The number of benzene rings is 2. The lowest BCUT2D eigenvalue weighted by atomic mass is 10.0. The molecule has 0 radical (unpaired) electrons. The van der Waals surface area contributed by atoms with Crippen molar-refractivity contribution in [2.75, 3.05) is 18.5 Å². The van der Waals surface area contributed by atoms with E-state index in [2.05, 4.69) is 60.1 Å². The van der Waals surface area contributed by atoms with Gasteiger partial charge in [-0.25, -0.2) is 0 Å². The van der Waals surface area contributed by atoms with Crippen molar-refractivity contribution >= 4 is 26.7 Å². The Bertz CT molecular complexity index is 713. The van der Waals surface area contributed by atoms with E-state index in [0.29, 0.717) is 0 Å². The number of ether oxygens (including phenoxy) is 2. The van der Waals surface area contributed by atoms with Crippen LogP contribution in [0.5, 0.6) is 11.5 Å². The summed E-state index contributed by atoms with van der Waals surface area (Å²) in [6.45, 7) is 6.04. The van der Waals surface area contributed by atoms with Gasteiger partial charge >= 0.3 is 0 Å². The number of alkyl halides is 1. The first-order valence-corrected chi connectivity index (χ1v) is 13.2. The molecule has 0 aliphatic heterocycles. The molecule has 0 aliphatic carbocycles. The summed E-state index contributed by atoms with van der Waals surface area (Å²) in [5.41, 5.74) is 1.23.